The summed E-state index contributed by atoms with van der Waals surface area (Å²) in [6.45, 7) is 0. The van der Waals surface area contributed by atoms with E-state index in [1.54, 1.807) is 12.1 Å². The van der Waals surface area contributed by atoms with Gasteiger partial charge in [0.2, 0.25) is 0 Å². The highest BCUT2D eigenvalue weighted by molar-refractivity contribution is 5.79. The molecule has 0 amide bonds. The van der Waals surface area contributed by atoms with Crippen LogP contribution >= 0.6 is 0 Å². The van der Waals surface area contributed by atoms with Crippen molar-refractivity contribution in [2.75, 3.05) is 0 Å². The Hall–Kier alpha value is -2.81. The Kier molecular flexibility index (Phi) is 4.73. The normalized spacial score (nSPS) is 11.0. The average molecular weight is 266 g/mol. The van der Waals surface area contributed by atoms with Crippen LogP contribution in [0.3, 0.4) is 0 Å². The van der Waals surface area contributed by atoms with Crippen LogP contribution < -0.4 is 4.74 Å². The van der Waals surface area contributed by atoms with Crippen molar-refractivity contribution < 1.29 is 14.6 Å². The van der Waals surface area contributed by atoms with Crippen LogP contribution in [-0.4, -0.2) is 11.1 Å². The molecule has 0 fully saturated rings. The fraction of sp³-hybridized carbons (Fsp3) is 0. The summed E-state index contributed by atoms with van der Waals surface area (Å²) in [5, 5.41) is 8.44. The molecule has 2 aromatic carbocycles. The summed E-state index contributed by atoms with van der Waals surface area (Å²) in [5.74, 6) is -0.438. The Morgan fingerprint density at radius 1 is 0.900 bits per heavy atom. The fourth-order valence-corrected chi connectivity index (χ4v) is 1.58. The lowest BCUT2D eigenvalue weighted by Gasteiger charge is -2.00. The molecular formula is C17H14O3. The number of hydrogen-bond donors (Lipinski definition) is 1. The molecule has 3 heteroatoms. The molecule has 0 heterocycles. The van der Waals surface area contributed by atoms with E-state index in [0.29, 0.717) is 5.75 Å². The van der Waals surface area contributed by atoms with E-state index < -0.39 is 5.97 Å². The molecule has 20 heavy (non-hydrogen) atoms. The van der Waals surface area contributed by atoms with Gasteiger partial charge in [-0.1, -0.05) is 54.6 Å². The number of hydrogen-bond acceptors (Lipinski definition) is 2. The van der Waals surface area contributed by atoms with Crippen molar-refractivity contribution in [1.29, 1.82) is 0 Å². The molecule has 0 saturated carbocycles. The Morgan fingerprint density at radius 3 is 2.10 bits per heavy atom. The summed E-state index contributed by atoms with van der Waals surface area (Å²) in [6, 6.07) is 17.4. The van der Waals surface area contributed by atoms with Crippen LogP contribution in [0.1, 0.15) is 11.1 Å². The van der Waals surface area contributed by atoms with Crippen molar-refractivity contribution >= 4 is 18.1 Å². The highest BCUT2D eigenvalue weighted by Crippen LogP contribution is 2.14. The van der Waals surface area contributed by atoms with Gasteiger partial charge in [0, 0.05) is 0 Å². The van der Waals surface area contributed by atoms with E-state index >= 15 is 0 Å². The highest BCUT2D eigenvalue weighted by Gasteiger charge is 1.92. The second-order valence-electron chi connectivity index (χ2n) is 4.07. The number of carbonyl (C=O) groups is 1. The number of benzene rings is 2. The van der Waals surface area contributed by atoms with Crippen molar-refractivity contribution in [3.05, 3.63) is 78.1 Å². The van der Waals surface area contributed by atoms with E-state index in [0.717, 1.165) is 23.5 Å². The summed E-state index contributed by atoms with van der Waals surface area (Å²) in [5.41, 5.74) is 2.18. The first-order valence-corrected chi connectivity index (χ1v) is 6.13. The molecule has 0 atom stereocenters. The molecule has 100 valence electrons. The van der Waals surface area contributed by atoms with E-state index in [1.807, 2.05) is 54.6 Å². The minimum Gasteiger partial charge on any atom is -0.478 e. The quantitative estimate of drug-likeness (QED) is 0.508. The Labute approximate surface area is 117 Å². The lowest BCUT2D eigenvalue weighted by Crippen LogP contribution is -1.89. The first-order valence-electron chi connectivity index (χ1n) is 6.13. The summed E-state index contributed by atoms with van der Waals surface area (Å²) < 4.78 is 5.15. The zero-order valence-corrected chi connectivity index (χ0v) is 10.8. The lowest BCUT2D eigenvalue weighted by molar-refractivity contribution is -0.131. The van der Waals surface area contributed by atoms with Gasteiger partial charge < -0.3 is 9.84 Å². The molecule has 0 aromatic heterocycles. The average Bonchev–Trinajstić information content (AvgIpc) is 2.47. The number of carboxylic acids is 1. The molecule has 0 saturated heterocycles. The molecule has 0 aliphatic heterocycles. The molecule has 3 nitrogen and oxygen atoms in total. The first-order chi connectivity index (χ1) is 9.74. The molecule has 0 unspecified atom stereocenters. The maximum atomic E-state index is 10.3. The third kappa shape index (κ3) is 4.46. The zero-order valence-electron chi connectivity index (χ0n) is 10.8. The third-order valence-corrected chi connectivity index (χ3v) is 2.56. The summed E-state index contributed by atoms with van der Waals surface area (Å²) in [4.78, 5) is 10.3. The Morgan fingerprint density at radius 2 is 1.50 bits per heavy atom. The molecule has 0 aliphatic carbocycles. The smallest absolute Gasteiger partial charge is 0.331 e. The van der Waals surface area contributed by atoms with Crippen molar-refractivity contribution in [3.63, 3.8) is 0 Å². The monoisotopic (exact) mass is 266 g/mol. The van der Waals surface area contributed by atoms with Crippen LogP contribution in [0.4, 0.5) is 0 Å². The van der Waals surface area contributed by atoms with Crippen molar-refractivity contribution in [3.8, 4) is 5.75 Å². The van der Waals surface area contributed by atoms with Gasteiger partial charge >= 0.3 is 5.97 Å². The summed E-state index contributed by atoms with van der Waals surface area (Å²) >= 11 is 0. The van der Waals surface area contributed by atoms with Gasteiger partial charge in [-0.25, -0.2) is 4.79 Å². The second-order valence-corrected chi connectivity index (χ2v) is 4.07. The predicted molar refractivity (Wildman–Crippen MR) is 79.2 cm³/mol. The molecule has 1 N–H and O–H groups in total. The van der Waals surface area contributed by atoms with E-state index in [9.17, 15) is 4.79 Å². The Balaban J connectivity index is 1.98. The van der Waals surface area contributed by atoms with Gasteiger partial charge in [0.1, 0.15) is 5.75 Å². The minimum absolute atomic E-state index is 0.597. The van der Waals surface area contributed by atoms with Gasteiger partial charge in [0.05, 0.1) is 12.3 Å². The first kappa shape index (κ1) is 13.6. The number of rotatable bonds is 5. The minimum atomic E-state index is -1.03. The SMILES string of the molecule is O=C(O)C=COc1ccc(C=Cc2ccccc2)cc1. The van der Waals surface area contributed by atoms with E-state index in [-0.39, 0.29) is 0 Å². The maximum Gasteiger partial charge on any atom is 0.331 e. The van der Waals surface area contributed by atoms with Gasteiger partial charge in [-0.2, -0.15) is 0 Å². The van der Waals surface area contributed by atoms with Crippen LogP contribution in [0.2, 0.25) is 0 Å². The third-order valence-electron chi connectivity index (χ3n) is 2.56. The number of aliphatic carboxylic acids is 1. The van der Waals surface area contributed by atoms with Crippen molar-refractivity contribution in [2.45, 2.75) is 0 Å². The van der Waals surface area contributed by atoms with Crippen LogP contribution in [-0.2, 0) is 4.79 Å². The van der Waals surface area contributed by atoms with Crippen LogP contribution in [0.5, 0.6) is 5.75 Å². The molecule has 2 rings (SSSR count). The lowest BCUT2D eigenvalue weighted by atomic mass is 10.1. The van der Waals surface area contributed by atoms with E-state index in [4.69, 9.17) is 9.84 Å². The Bertz CT molecular complexity index is 610. The standard InChI is InChI=1S/C17H14O3/c18-17(19)12-13-20-16-10-8-15(9-11-16)7-6-14-4-2-1-3-5-14/h1-13H,(H,18,19). The van der Waals surface area contributed by atoms with Gasteiger partial charge in [-0.05, 0) is 23.3 Å². The topological polar surface area (TPSA) is 46.5 Å². The van der Waals surface area contributed by atoms with Crippen LogP contribution in [0.15, 0.2) is 66.9 Å². The molecule has 0 radical (unpaired) electrons. The molecule has 0 bridgehead atoms. The van der Waals surface area contributed by atoms with Crippen molar-refractivity contribution in [1.82, 2.24) is 0 Å². The summed E-state index contributed by atoms with van der Waals surface area (Å²) in [7, 11) is 0. The summed E-state index contributed by atoms with van der Waals surface area (Å²) in [6.07, 6.45) is 6.13. The predicted octanol–water partition coefficient (Wildman–Crippen LogP) is 3.83. The van der Waals surface area contributed by atoms with Gasteiger partial charge in [-0.3, -0.25) is 0 Å². The number of carboxylic acid groups (broad SMARTS) is 1. The van der Waals surface area contributed by atoms with E-state index in [2.05, 4.69) is 0 Å². The largest absolute Gasteiger partial charge is 0.478 e. The molecular weight excluding hydrogens is 252 g/mol. The maximum absolute atomic E-state index is 10.3. The van der Waals surface area contributed by atoms with Gasteiger partial charge in [0.15, 0.2) is 0 Å². The zero-order chi connectivity index (χ0) is 14.2. The molecule has 0 spiro atoms. The van der Waals surface area contributed by atoms with Gasteiger partial charge in [-0.15, -0.1) is 0 Å². The van der Waals surface area contributed by atoms with Crippen LogP contribution in [0.25, 0.3) is 12.2 Å². The van der Waals surface area contributed by atoms with Crippen molar-refractivity contribution in [2.24, 2.45) is 0 Å². The molecule has 2 aromatic rings. The molecule has 0 aliphatic rings. The van der Waals surface area contributed by atoms with Gasteiger partial charge in [0.25, 0.3) is 0 Å². The number of ether oxygens (including phenoxy) is 1. The highest BCUT2D eigenvalue weighted by atomic mass is 16.5. The van der Waals surface area contributed by atoms with Crippen LogP contribution in [0, 0.1) is 0 Å². The van der Waals surface area contributed by atoms with E-state index in [1.165, 1.54) is 0 Å². The second kappa shape index (κ2) is 6.95. The fourth-order valence-electron chi connectivity index (χ4n) is 1.58.